The third-order valence-electron chi connectivity index (χ3n) is 3.03. The molecule has 0 radical (unpaired) electrons. The summed E-state index contributed by atoms with van der Waals surface area (Å²) in [6, 6.07) is 12.2. The maximum Gasteiger partial charge on any atom is 0.142 e. The summed E-state index contributed by atoms with van der Waals surface area (Å²) in [6.45, 7) is 0. The number of hydrogen-bond acceptors (Lipinski definition) is 4. The number of thioether (sulfide) groups is 1. The summed E-state index contributed by atoms with van der Waals surface area (Å²) in [6.07, 6.45) is 3.88. The summed E-state index contributed by atoms with van der Waals surface area (Å²) in [5.74, 6) is 0.803. The molecule has 4 heteroatoms. The molecule has 0 saturated carbocycles. The average molecular weight is 274 g/mol. The molecule has 19 heavy (non-hydrogen) atoms. The smallest absolute Gasteiger partial charge is 0.142 e. The lowest BCUT2D eigenvalue weighted by molar-refractivity contribution is 0.401. The standard InChI is InChI=1S/C15H18N2OS/c1-16-14(11-7-4-5-9-13(11)19-3)15-12(18-2)8-6-10-17-15/h4-10,14,16H,1-3H3. The number of aromatic nitrogens is 1. The second kappa shape index (κ2) is 6.59. The summed E-state index contributed by atoms with van der Waals surface area (Å²) in [4.78, 5) is 5.72. The van der Waals surface area contributed by atoms with Gasteiger partial charge >= 0.3 is 0 Å². The fraction of sp³-hybridized carbons (Fsp3) is 0.267. The first kappa shape index (κ1) is 13.9. The minimum atomic E-state index is 0.0276. The average Bonchev–Trinajstić information content (AvgIpc) is 2.49. The van der Waals surface area contributed by atoms with E-state index in [0.717, 1.165) is 11.4 Å². The molecule has 1 heterocycles. The van der Waals surface area contributed by atoms with Crippen LogP contribution in [0.4, 0.5) is 0 Å². The van der Waals surface area contributed by atoms with E-state index in [-0.39, 0.29) is 6.04 Å². The number of rotatable bonds is 5. The molecule has 1 N–H and O–H groups in total. The molecule has 1 aromatic heterocycles. The lowest BCUT2D eigenvalue weighted by Gasteiger charge is -2.20. The summed E-state index contributed by atoms with van der Waals surface area (Å²) in [7, 11) is 3.61. The fourth-order valence-electron chi connectivity index (χ4n) is 2.14. The highest BCUT2D eigenvalue weighted by molar-refractivity contribution is 7.98. The Morgan fingerprint density at radius 1 is 1.21 bits per heavy atom. The van der Waals surface area contributed by atoms with Crippen molar-refractivity contribution in [2.24, 2.45) is 0 Å². The minimum Gasteiger partial charge on any atom is -0.495 e. The molecule has 2 aromatic rings. The molecular weight excluding hydrogens is 256 g/mol. The van der Waals surface area contributed by atoms with Crippen molar-refractivity contribution in [2.75, 3.05) is 20.4 Å². The van der Waals surface area contributed by atoms with Gasteiger partial charge in [-0.1, -0.05) is 18.2 Å². The van der Waals surface area contributed by atoms with Crippen LogP contribution in [0.15, 0.2) is 47.5 Å². The van der Waals surface area contributed by atoms with Crippen molar-refractivity contribution in [3.05, 3.63) is 53.9 Å². The molecule has 0 amide bonds. The van der Waals surface area contributed by atoms with Gasteiger partial charge in [0, 0.05) is 11.1 Å². The van der Waals surface area contributed by atoms with E-state index in [1.807, 2.05) is 19.2 Å². The van der Waals surface area contributed by atoms with Gasteiger partial charge in [-0.15, -0.1) is 11.8 Å². The highest BCUT2D eigenvalue weighted by atomic mass is 32.2. The number of hydrogen-bond donors (Lipinski definition) is 1. The molecule has 0 aliphatic carbocycles. The molecule has 3 nitrogen and oxygen atoms in total. The molecule has 0 bridgehead atoms. The Labute approximate surface area is 118 Å². The maximum atomic E-state index is 5.41. The topological polar surface area (TPSA) is 34.2 Å². The van der Waals surface area contributed by atoms with Crippen molar-refractivity contribution < 1.29 is 4.74 Å². The zero-order valence-corrected chi connectivity index (χ0v) is 12.2. The first-order valence-corrected chi connectivity index (χ1v) is 7.33. The maximum absolute atomic E-state index is 5.41. The predicted octanol–water partition coefficient (Wildman–Crippen LogP) is 3.12. The van der Waals surface area contributed by atoms with Gasteiger partial charge in [-0.2, -0.15) is 0 Å². The van der Waals surface area contributed by atoms with Crippen LogP contribution in [0.5, 0.6) is 5.75 Å². The van der Waals surface area contributed by atoms with Crippen molar-refractivity contribution in [1.82, 2.24) is 10.3 Å². The van der Waals surface area contributed by atoms with Gasteiger partial charge in [0.25, 0.3) is 0 Å². The van der Waals surface area contributed by atoms with E-state index in [1.54, 1.807) is 25.1 Å². The number of nitrogens with zero attached hydrogens (tertiary/aromatic N) is 1. The second-order valence-electron chi connectivity index (χ2n) is 4.05. The van der Waals surface area contributed by atoms with Crippen LogP contribution in [0.3, 0.4) is 0 Å². The molecule has 0 fully saturated rings. The number of benzene rings is 1. The summed E-state index contributed by atoms with van der Waals surface area (Å²) in [5, 5.41) is 3.33. The Morgan fingerprint density at radius 3 is 2.68 bits per heavy atom. The van der Waals surface area contributed by atoms with Crippen LogP contribution < -0.4 is 10.1 Å². The summed E-state index contributed by atoms with van der Waals surface area (Å²) >= 11 is 1.74. The van der Waals surface area contributed by atoms with Crippen LogP contribution in [0, 0.1) is 0 Å². The molecule has 1 aromatic carbocycles. The summed E-state index contributed by atoms with van der Waals surface area (Å²) in [5.41, 5.74) is 2.13. The van der Waals surface area contributed by atoms with Crippen LogP contribution in [0.25, 0.3) is 0 Å². The Bertz CT molecular complexity index is 498. The van der Waals surface area contributed by atoms with Gasteiger partial charge in [0.2, 0.25) is 0 Å². The van der Waals surface area contributed by atoms with Crippen molar-refractivity contribution in [2.45, 2.75) is 10.9 Å². The van der Waals surface area contributed by atoms with E-state index in [2.05, 4.69) is 40.8 Å². The van der Waals surface area contributed by atoms with Crippen molar-refractivity contribution in [3.8, 4) is 5.75 Å². The zero-order valence-electron chi connectivity index (χ0n) is 11.4. The molecule has 0 aliphatic heterocycles. The third kappa shape index (κ3) is 2.91. The molecule has 1 unspecified atom stereocenters. The molecule has 0 aliphatic rings. The van der Waals surface area contributed by atoms with Crippen molar-refractivity contribution >= 4 is 11.8 Å². The Hall–Kier alpha value is -1.52. The van der Waals surface area contributed by atoms with E-state index < -0.39 is 0 Å². The van der Waals surface area contributed by atoms with Crippen LogP contribution in [0.2, 0.25) is 0 Å². The molecule has 1 atom stereocenters. The van der Waals surface area contributed by atoms with Crippen molar-refractivity contribution in [1.29, 1.82) is 0 Å². The molecule has 0 saturated heterocycles. The zero-order chi connectivity index (χ0) is 13.7. The Morgan fingerprint density at radius 2 is 2.00 bits per heavy atom. The van der Waals surface area contributed by atoms with Crippen LogP contribution in [-0.4, -0.2) is 25.4 Å². The highest BCUT2D eigenvalue weighted by Gasteiger charge is 2.20. The Balaban J connectivity index is 2.50. The molecule has 2 rings (SSSR count). The van der Waals surface area contributed by atoms with Gasteiger partial charge in [0.15, 0.2) is 0 Å². The number of methoxy groups -OCH3 is 1. The number of nitrogens with one attached hydrogen (secondary N) is 1. The van der Waals surface area contributed by atoms with Gasteiger partial charge in [-0.25, -0.2) is 0 Å². The van der Waals surface area contributed by atoms with Gasteiger partial charge in [0.1, 0.15) is 11.4 Å². The van der Waals surface area contributed by atoms with Crippen LogP contribution in [0.1, 0.15) is 17.3 Å². The van der Waals surface area contributed by atoms with E-state index in [9.17, 15) is 0 Å². The van der Waals surface area contributed by atoms with Gasteiger partial charge in [-0.05, 0) is 37.1 Å². The SMILES string of the molecule is CNC(c1ccccc1SC)c1ncccc1OC. The molecule has 0 spiro atoms. The normalized spacial score (nSPS) is 12.2. The lowest BCUT2D eigenvalue weighted by Crippen LogP contribution is -2.20. The molecule has 100 valence electrons. The number of ether oxygens (including phenoxy) is 1. The summed E-state index contributed by atoms with van der Waals surface area (Å²) < 4.78 is 5.41. The Kier molecular flexibility index (Phi) is 4.82. The second-order valence-corrected chi connectivity index (χ2v) is 4.90. The third-order valence-corrected chi connectivity index (χ3v) is 3.84. The first-order valence-electron chi connectivity index (χ1n) is 6.11. The molecular formula is C15H18N2OS. The number of pyridine rings is 1. The lowest BCUT2D eigenvalue weighted by atomic mass is 10.0. The van der Waals surface area contributed by atoms with Crippen molar-refractivity contribution in [3.63, 3.8) is 0 Å². The van der Waals surface area contributed by atoms with E-state index >= 15 is 0 Å². The van der Waals surface area contributed by atoms with Gasteiger partial charge in [-0.3, -0.25) is 4.98 Å². The fourth-order valence-corrected chi connectivity index (χ4v) is 2.77. The van der Waals surface area contributed by atoms with Crippen LogP contribution >= 0.6 is 11.8 Å². The van der Waals surface area contributed by atoms with Crippen LogP contribution in [-0.2, 0) is 0 Å². The first-order chi connectivity index (χ1) is 9.31. The van der Waals surface area contributed by atoms with E-state index in [0.29, 0.717) is 0 Å². The van der Waals surface area contributed by atoms with E-state index in [4.69, 9.17) is 4.74 Å². The monoisotopic (exact) mass is 274 g/mol. The minimum absolute atomic E-state index is 0.0276. The van der Waals surface area contributed by atoms with Gasteiger partial charge in [0.05, 0.1) is 13.2 Å². The quantitative estimate of drug-likeness (QED) is 0.850. The largest absolute Gasteiger partial charge is 0.495 e. The van der Waals surface area contributed by atoms with E-state index in [1.165, 1.54) is 10.5 Å². The highest BCUT2D eigenvalue weighted by Crippen LogP contribution is 2.32. The van der Waals surface area contributed by atoms with Gasteiger partial charge < -0.3 is 10.1 Å². The predicted molar refractivity (Wildman–Crippen MR) is 79.9 cm³/mol.